The van der Waals surface area contributed by atoms with Crippen molar-refractivity contribution in [3.8, 4) is 5.75 Å². The van der Waals surface area contributed by atoms with Crippen molar-refractivity contribution in [3.63, 3.8) is 0 Å². The van der Waals surface area contributed by atoms with Gasteiger partial charge in [-0.2, -0.15) is 12.6 Å². The fourth-order valence-electron chi connectivity index (χ4n) is 0.774. The SMILES string of the molecule is O=C(CS)Nc1cccc([O-])c1. The summed E-state index contributed by atoms with van der Waals surface area (Å²) >= 11 is 3.78. The number of hydrogen-bond donors (Lipinski definition) is 2. The van der Waals surface area contributed by atoms with Crippen LogP contribution in [-0.2, 0) is 4.79 Å². The lowest BCUT2D eigenvalue weighted by molar-refractivity contribution is -0.268. The summed E-state index contributed by atoms with van der Waals surface area (Å²) in [6.45, 7) is 0. The van der Waals surface area contributed by atoms with E-state index in [4.69, 9.17) is 0 Å². The molecule has 1 aromatic rings. The van der Waals surface area contributed by atoms with Gasteiger partial charge in [0.1, 0.15) is 0 Å². The summed E-state index contributed by atoms with van der Waals surface area (Å²) in [6, 6.07) is 6.04. The van der Waals surface area contributed by atoms with Crippen LogP contribution in [-0.4, -0.2) is 11.7 Å². The second-order valence-electron chi connectivity index (χ2n) is 2.23. The minimum absolute atomic E-state index is 0.114. The van der Waals surface area contributed by atoms with E-state index in [9.17, 15) is 9.90 Å². The summed E-state index contributed by atoms with van der Waals surface area (Å²) in [4.78, 5) is 10.8. The zero-order chi connectivity index (χ0) is 8.97. The highest BCUT2D eigenvalue weighted by Gasteiger charge is 1.96. The first-order valence-corrected chi connectivity index (χ1v) is 4.03. The molecule has 0 unspecified atom stereocenters. The van der Waals surface area contributed by atoms with E-state index < -0.39 is 0 Å². The molecule has 0 aliphatic heterocycles. The summed E-state index contributed by atoms with van der Waals surface area (Å²) in [6.07, 6.45) is 0. The average Bonchev–Trinajstić information content (AvgIpc) is 2.04. The number of carbonyl (C=O) groups excluding carboxylic acids is 1. The lowest BCUT2D eigenvalue weighted by Gasteiger charge is -2.07. The number of thiol groups is 1. The predicted molar refractivity (Wildman–Crippen MR) is 48.4 cm³/mol. The molecule has 0 saturated heterocycles. The van der Waals surface area contributed by atoms with E-state index in [0.717, 1.165) is 0 Å². The van der Waals surface area contributed by atoms with Gasteiger partial charge in [0.05, 0.1) is 5.75 Å². The Bertz CT molecular complexity index is 288. The smallest absolute Gasteiger partial charge is 0.234 e. The lowest BCUT2D eigenvalue weighted by atomic mass is 10.3. The number of anilines is 1. The van der Waals surface area contributed by atoms with Gasteiger partial charge in [0.25, 0.3) is 0 Å². The fourth-order valence-corrected chi connectivity index (χ4v) is 0.853. The first-order valence-electron chi connectivity index (χ1n) is 3.40. The molecule has 0 fully saturated rings. The molecule has 1 rings (SSSR count). The molecule has 1 amide bonds. The van der Waals surface area contributed by atoms with Crippen LogP contribution in [0.2, 0.25) is 0 Å². The summed E-state index contributed by atoms with van der Waals surface area (Å²) in [7, 11) is 0. The topological polar surface area (TPSA) is 52.2 Å². The highest BCUT2D eigenvalue weighted by atomic mass is 32.1. The summed E-state index contributed by atoms with van der Waals surface area (Å²) < 4.78 is 0. The van der Waals surface area contributed by atoms with Crippen molar-refractivity contribution in [2.45, 2.75) is 0 Å². The van der Waals surface area contributed by atoms with E-state index in [2.05, 4.69) is 17.9 Å². The van der Waals surface area contributed by atoms with Gasteiger partial charge in [-0.15, -0.1) is 5.75 Å². The van der Waals surface area contributed by atoms with E-state index in [1.54, 1.807) is 12.1 Å². The van der Waals surface area contributed by atoms with Crippen molar-refractivity contribution in [2.24, 2.45) is 0 Å². The lowest BCUT2D eigenvalue weighted by Crippen LogP contribution is -2.12. The Balaban J connectivity index is 2.69. The van der Waals surface area contributed by atoms with Crippen LogP contribution in [0.15, 0.2) is 24.3 Å². The monoisotopic (exact) mass is 182 g/mol. The van der Waals surface area contributed by atoms with Crippen LogP contribution in [0.5, 0.6) is 5.75 Å². The second kappa shape index (κ2) is 4.01. The minimum Gasteiger partial charge on any atom is -0.872 e. The Morgan fingerprint density at radius 2 is 2.33 bits per heavy atom. The molecule has 3 nitrogen and oxygen atoms in total. The maximum absolute atomic E-state index is 10.8. The first kappa shape index (κ1) is 8.93. The van der Waals surface area contributed by atoms with Gasteiger partial charge in [-0.05, 0) is 12.1 Å². The Morgan fingerprint density at radius 1 is 1.58 bits per heavy atom. The maximum atomic E-state index is 10.8. The van der Waals surface area contributed by atoms with Crippen molar-refractivity contribution in [1.82, 2.24) is 0 Å². The molecule has 1 aromatic carbocycles. The van der Waals surface area contributed by atoms with Crippen molar-refractivity contribution >= 4 is 24.2 Å². The highest BCUT2D eigenvalue weighted by molar-refractivity contribution is 7.81. The largest absolute Gasteiger partial charge is 0.872 e. The zero-order valence-corrected chi connectivity index (χ0v) is 7.17. The average molecular weight is 182 g/mol. The number of nitrogens with one attached hydrogen (secondary N) is 1. The third-order valence-electron chi connectivity index (χ3n) is 1.26. The molecular weight excluding hydrogens is 174 g/mol. The summed E-state index contributed by atoms with van der Waals surface area (Å²) in [5, 5.41) is 13.3. The number of benzene rings is 1. The first-order chi connectivity index (χ1) is 5.72. The molecule has 0 aliphatic rings. The predicted octanol–water partition coefficient (Wildman–Crippen LogP) is 0.628. The Hall–Kier alpha value is -1.16. The molecule has 1 N–H and O–H groups in total. The standard InChI is InChI=1S/C8H9NO2S/c10-7-3-1-2-6(4-7)9-8(11)5-12/h1-4,10,12H,5H2,(H,9,11)/p-1. The van der Waals surface area contributed by atoms with Gasteiger partial charge in [-0.1, -0.05) is 12.1 Å². The van der Waals surface area contributed by atoms with Gasteiger partial charge < -0.3 is 10.4 Å². The van der Waals surface area contributed by atoms with Crippen molar-refractivity contribution in [1.29, 1.82) is 0 Å². The Labute approximate surface area is 75.8 Å². The van der Waals surface area contributed by atoms with Gasteiger partial charge in [0, 0.05) is 5.69 Å². The molecule has 4 heteroatoms. The van der Waals surface area contributed by atoms with Crippen LogP contribution in [0, 0.1) is 0 Å². The third kappa shape index (κ3) is 2.47. The fraction of sp³-hybridized carbons (Fsp3) is 0.125. The molecular formula is C8H8NO2S-. The molecule has 0 aromatic heterocycles. The highest BCUT2D eigenvalue weighted by Crippen LogP contribution is 2.12. The van der Waals surface area contributed by atoms with Gasteiger partial charge in [-0.25, -0.2) is 0 Å². The summed E-state index contributed by atoms with van der Waals surface area (Å²) in [5.74, 6) is -0.223. The minimum atomic E-state index is -0.219. The van der Waals surface area contributed by atoms with Gasteiger partial charge in [0.2, 0.25) is 5.91 Å². The van der Waals surface area contributed by atoms with E-state index >= 15 is 0 Å². The molecule has 0 spiro atoms. The van der Waals surface area contributed by atoms with Crippen LogP contribution in [0.4, 0.5) is 5.69 Å². The van der Waals surface area contributed by atoms with Crippen molar-refractivity contribution < 1.29 is 9.90 Å². The molecule has 0 heterocycles. The normalized spacial score (nSPS) is 9.42. The molecule has 0 saturated carbocycles. The van der Waals surface area contributed by atoms with E-state index in [1.807, 2.05) is 0 Å². The Morgan fingerprint density at radius 3 is 2.92 bits per heavy atom. The van der Waals surface area contributed by atoms with Crippen LogP contribution < -0.4 is 10.4 Å². The quantitative estimate of drug-likeness (QED) is 0.659. The molecule has 0 aliphatic carbocycles. The van der Waals surface area contributed by atoms with Gasteiger partial charge in [0.15, 0.2) is 0 Å². The molecule has 0 radical (unpaired) electrons. The van der Waals surface area contributed by atoms with E-state index in [0.29, 0.717) is 5.69 Å². The van der Waals surface area contributed by atoms with Crippen LogP contribution in [0.3, 0.4) is 0 Å². The van der Waals surface area contributed by atoms with Gasteiger partial charge in [-0.3, -0.25) is 4.79 Å². The van der Waals surface area contributed by atoms with Crippen molar-refractivity contribution in [2.75, 3.05) is 11.1 Å². The van der Waals surface area contributed by atoms with Crippen molar-refractivity contribution in [3.05, 3.63) is 24.3 Å². The third-order valence-corrected chi connectivity index (χ3v) is 1.55. The molecule has 64 valence electrons. The second-order valence-corrected chi connectivity index (χ2v) is 2.55. The van der Waals surface area contributed by atoms with Crippen LogP contribution in [0.25, 0.3) is 0 Å². The molecule has 0 atom stereocenters. The van der Waals surface area contributed by atoms with Gasteiger partial charge >= 0.3 is 0 Å². The Kier molecular flexibility index (Phi) is 2.99. The van der Waals surface area contributed by atoms with E-state index in [1.165, 1.54) is 12.1 Å². The summed E-state index contributed by atoms with van der Waals surface area (Å²) in [5.41, 5.74) is 0.515. The van der Waals surface area contributed by atoms with Crippen LogP contribution in [0.1, 0.15) is 0 Å². The zero-order valence-electron chi connectivity index (χ0n) is 6.28. The van der Waals surface area contributed by atoms with E-state index in [-0.39, 0.29) is 17.4 Å². The maximum Gasteiger partial charge on any atom is 0.234 e. The molecule has 12 heavy (non-hydrogen) atoms. The van der Waals surface area contributed by atoms with Crippen LogP contribution >= 0.6 is 12.6 Å². The molecule has 0 bridgehead atoms. The number of rotatable bonds is 2. The number of carbonyl (C=O) groups is 1. The number of hydrogen-bond acceptors (Lipinski definition) is 3. The number of amides is 1.